The number of fused-ring (bicyclic) bond motifs is 1. The first-order valence-electron chi connectivity index (χ1n) is 10.1. The van der Waals surface area contributed by atoms with Crippen LogP contribution in [0.15, 0.2) is 48.9 Å². The summed E-state index contributed by atoms with van der Waals surface area (Å²) in [6, 6.07) is 7.45. The second-order valence-electron chi connectivity index (χ2n) is 7.73. The molecule has 174 valence electrons. The predicted molar refractivity (Wildman–Crippen MR) is 131 cm³/mol. The number of hydrogen-bond acceptors (Lipinski definition) is 5. The molecule has 0 fully saturated rings. The number of carbonyl (C=O) groups is 2. The van der Waals surface area contributed by atoms with Crippen molar-refractivity contribution in [1.29, 1.82) is 0 Å². The van der Waals surface area contributed by atoms with E-state index in [1.54, 1.807) is 12.3 Å². The largest absolute Gasteiger partial charge is 0.383 e. The zero-order valence-electron chi connectivity index (χ0n) is 18.1. The van der Waals surface area contributed by atoms with E-state index >= 15 is 0 Å². The Hall–Kier alpha value is -3.69. The molecule has 34 heavy (non-hydrogen) atoms. The third-order valence-electron chi connectivity index (χ3n) is 5.10. The number of anilines is 3. The van der Waals surface area contributed by atoms with Crippen molar-refractivity contribution in [2.24, 2.45) is 0 Å². The number of nitrogen functional groups attached to an aromatic ring is 1. The Kier molecular flexibility index (Phi) is 6.41. The summed E-state index contributed by atoms with van der Waals surface area (Å²) in [4.78, 5) is 34.0. The van der Waals surface area contributed by atoms with E-state index in [9.17, 15) is 14.0 Å². The Balaban J connectivity index is 1.65. The molecule has 2 heterocycles. The number of urea groups is 1. The highest BCUT2D eigenvalue weighted by atomic mass is 35.5. The van der Waals surface area contributed by atoms with E-state index < -0.39 is 17.6 Å². The van der Waals surface area contributed by atoms with E-state index in [0.29, 0.717) is 16.1 Å². The van der Waals surface area contributed by atoms with Crippen molar-refractivity contribution in [2.75, 3.05) is 16.4 Å². The topological polar surface area (TPSA) is 115 Å². The van der Waals surface area contributed by atoms with Gasteiger partial charge in [-0.25, -0.2) is 19.2 Å². The number of amides is 2. The van der Waals surface area contributed by atoms with Crippen LogP contribution >= 0.6 is 23.2 Å². The van der Waals surface area contributed by atoms with Gasteiger partial charge < -0.3 is 20.9 Å². The average molecular weight is 501 g/mol. The predicted octanol–water partition coefficient (Wildman–Crippen LogP) is 5.92. The maximum atomic E-state index is 14.5. The van der Waals surface area contributed by atoms with Gasteiger partial charge in [-0.1, -0.05) is 23.2 Å². The van der Waals surface area contributed by atoms with E-state index in [2.05, 4.69) is 20.6 Å². The molecule has 2 aromatic heterocycles. The first-order valence-corrected chi connectivity index (χ1v) is 10.9. The van der Waals surface area contributed by atoms with Gasteiger partial charge in [0.05, 0.1) is 27.3 Å². The fourth-order valence-corrected chi connectivity index (χ4v) is 3.91. The van der Waals surface area contributed by atoms with Gasteiger partial charge in [-0.15, -0.1) is 0 Å². The quantitative estimate of drug-likeness (QED) is 0.294. The summed E-state index contributed by atoms with van der Waals surface area (Å²) in [6.45, 7) is 3.88. The summed E-state index contributed by atoms with van der Waals surface area (Å²) in [5.74, 6) is -0.983. The molecule has 0 atom stereocenters. The van der Waals surface area contributed by atoms with E-state index in [0.717, 1.165) is 6.07 Å². The van der Waals surface area contributed by atoms with Crippen molar-refractivity contribution in [1.82, 2.24) is 14.5 Å². The van der Waals surface area contributed by atoms with E-state index in [-0.39, 0.29) is 39.4 Å². The van der Waals surface area contributed by atoms with E-state index in [1.807, 2.05) is 18.4 Å². The monoisotopic (exact) mass is 500 g/mol. The third-order valence-corrected chi connectivity index (χ3v) is 5.64. The Morgan fingerprint density at radius 1 is 1.06 bits per heavy atom. The summed E-state index contributed by atoms with van der Waals surface area (Å²) in [7, 11) is 0. The summed E-state index contributed by atoms with van der Waals surface area (Å²) in [5.41, 5.74) is 7.08. The van der Waals surface area contributed by atoms with Gasteiger partial charge in [-0.3, -0.25) is 4.79 Å². The van der Waals surface area contributed by atoms with Crippen LogP contribution in [0.1, 0.15) is 35.8 Å². The number of nitrogens with one attached hydrogen (secondary N) is 2. The number of rotatable bonds is 5. The number of carbonyl (C=O) groups excluding carboxylic acids is 2. The number of benzene rings is 2. The Morgan fingerprint density at radius 2 is 1.79 bits per heavy atom. The van der Waals surface area contributed by atoms with Crippen LogP contribution in [-0.4, -0.2) is 26.3 Å². The molecule has 0 aliphatic heterocycles. The van der Waals surface area contributed by atoms with Crippen LogP contribution in [-0.2, 0) is 0 Å². The van der Waals surface area contributed by atoms with Crippen molar-refractivity contribution in [3.05, 3.63) is 75.9 Å². The highest BCUT2D eigenvalue weighted by molar-refractivity contribution is 6.36. The molecule has 0 spiro atoms. The molecule has 0 radical (unpaired) electrons. The van der Waals surface area contributed by atoms with Gasteiger partial charge in [0.1, 0.15) is 23.6 Å². The molecule has 0 saturated carbocycles. The number of ketones is 1. The van der Waals surface area contributed by atoms with Gasteiger partial charge in [-0.2, -0.15) is 0 Å². The summed E-state index contributed by atoms with van der Waals surface area (Å²) in [6.07, 6.45) is 2.98. The molecule has 0 aliphatic rings. The Labute approximate surface area is 203 Å². The lowest BCUT2D eigenvalue weighted by atomic mass is 10.0. The standard InChI is InChI=1S/C23H19Cl2FN6O2/c1-11(2)32-9-14(19-21(27)28-10-29-22(19)32)20(33)12-3-5-16(26)18(7-12)31-23(34)30-17-6-4-13(24)8-15(17)25/h3-11H,1-2H3,(H2,27,28,29)(H2,30,31,34). The van der Waals surface area contributed by atoms with E-state index in [1.165, 1.54) is 30.6 Å². The first kappa shape index (κ1) is 23.5. The molecular weight excluding hydrogens is 482 g/mol. The lowest BCUT2D eigenvalue weighted by Gasteiger charge is -2.11. The molecule has 8 nitrogen and oxygen atoms in total. The minimum atomic E-state index is -0.748. The van der Waals surface area contributed by atoms with Gasteiger partial charge in [0, 0.05) is 22.8 Å². The minimum Gasteiger partial charge on any atom is -0.383 e. The fraction of sp³-hybridized carbons (Fsp3) is 0.130. The lowest BCUT2D eigenvalue weighted by molar-refractivity contribution is 0.104. The zero-order chi connectivity index (χ0) is 24.6. The second-order valence-corrected chi connectivity index (χ2v) is 8.57. The number of halogens is 3. The SMILES string of the molecule is CC(C)n1cc(C(=O)c2ccc(F)c(NC(=O)Nc3ccc(Cl)cc3Cl)c2)c2c(N)ncnc21. The molecule has 0 bridgehead atoms. The van der Waals surface area contributed by atoms with Gasteiger partial charge in [0.2, 0.25) is 0 Å². The molecule has 4 N–H and O–H groups in total. The average Bonchev–Trinajstić information content (AvgIpc) is 3.18. The number of nitrogens with two attached hydrogens (primary N) is 1. The zero-order valence-corrected chi connectivity index (χ0v) is 19.6. The second kappa shape index (κ2) is 9.28. The lowest BCUT2D eigenvalue weighted by Crippen LogP contribution is -2.20. The summed E-state index contributed by atoms with van der Waals surface area (Å²) in [5, 5.41) is 5.94. The molecule has 4 rings (SSSR count). The molecule has 0 unspecified atom stereocenters. The van der Waals surface area contributed by atoms with Crippen LogP contribution in [0.25, 0.3) is 11.0 Å². The minimum absolute atomic E-state index is 0.00665. The third kappa shape index (κ3) is 4.52. The fourth-order valence-electron chi connectivity index (χ4n) is 3.46. The van der Waals surface area contributed by atoms with Gasteiger partial charge >= 0.3 is 6.03 Å². The molecule has 2 aromatic carbocycles. The summed E-state index contributed by atoms with van der Waals surface area (Å²) < 4.78 is 16.3. The van der Waals surface area contributed by atoms with Gasteiger partial charge in [-0.05, 0) is 50.2 Å². The van der Waals surface area contributed by atoms with Crippen molar-refractivity contribution in [3.63, 3.8) is 0 Å². The maximum Gasteiger partial charge on any atom is 0.323 e. The summed E-state index contributed by atoms with van der Waals surface area (Å²) >= 11 is 11.9. The highest BCUT2D eigenvalue weighted by Crippen LogP contribution is 2.30. The van der Waals surface area contributed by atoms with Crippen LogP contribution in [0.4, 0.5) is 26.4 Å². The first-order chi connectivity index (χ1) is 16.2. The smallest absolute Gasteiger partial charge is 0.323 e. The van der Waals surface area contributed by atoms with Crippen LogP contribution in [0.5, 0.6) is 0 Å². The van der Waals surface area contributed by atoms with Crippen LogP contribution in [0, 0.1) is 5.82 Å². The number of aromatic nitrogens is 3. The Morgan fingerprint density at radius 3 is 2.50 bits per heavy atom. The van der Waals surface area contributed by atoms with Crippen molar-refractivity contribution in [2.45, 2.75) is 19.9 Å². The number of hydrogen-bond donors (Lipinski definition) is 3. The van der Waals surface area contributed by atoms with Crippen LogP contribution in [0.3, 0.4) is 0 Å². The van der Waals surface area contributed by atoms with E-state index in [4.69, 9.17) is 28.9 Å². The molecular formula is C23H19Cl2FN6O2. The van der Waals surface area contributed by atoms with Crippen molar-refractivity contribution in [3.8, 4) is 0 Å². The molecule has 2 amide bonds. The molecule has 0 aliphatic carbocycles. The molecule has 4 aromatic rings. The molecule has 0 saturated heterocycles. The maximum absolute atomic E-state index is 14.5. The highest BCUT2D eigenvalue weighted by Gasteiger charge is 2.22. The molecule has 11 heteroatoms. The number of nitrogens with zero attached hydrogens (tertiary/aromatic N) is 3. The van der Waals surface area contributed by atoms with Crippen LogP contribution in [0.2, 0.25) is 10.0 Å². The van der Waals surface area contributed by atoms with Crippen molar-refractivity contribution >= 4 is 63.2 Å². The van der Waals surface area contributed by atoms with Gasteiger partial charge in [0.15, 0.2) is 5.78 Å². The normalized spacial score (nSPS) is 11.1. The Bertz CT molecular complexity index is 1440. The van der Waals surface area contributed by atoms with Crippen molar-refractivity contribution < 1.29 is 14.0 Å². The van der Waals surface area contributed by atoms with Crippen LogP contribution < -0.4 is 16.4 Å². The van der Waals surface area contributed by atoms with Gasteiger partial charge in [0.25, 0.3) is 0 Å².